The van der Waals surface area contributed by atoms with Gasteiger partial charge in [-0.2, -0.15) is 0 Å². The molecular formula is C18H21N3O2. The number of aryl methyl sites for hydroxylation is 1. The van der Waals surface area contributed by atoms with E-state index in [0.29, 0.717) is 19.0 Å². The minimum Gasteiger partial charge on any atom is -0.445 e. The van der Waals surface area contributed by atoms with E-state index in [4.69, 9.17) is 10.5 Å². The van der Waals surface area contributed by atoms with Crippen molar-refractivity contribution in [2.45, 2.75) is 32.4 Å². The third kappa shape index (κ3) is 3.44. The van der Waals surface area contributed by atoms with E-state index in [1.54, 1.807) is 11.0 Å². The molecule has 0 bridgehead atoms. The van der Waals surface area contributed by atoms with E-state index in [-0.39, 0.29) is 12.1 Å². The Morgan fingerprint density at radius 2 is 2.09 bits per heavy atom. The molecule has 1 aromatic carbocycles. The van der Waals surface area contributed by atoms with Gasteiger partial charge in [0.2, 0.25) is 0 Å². The smallest absolute Gasteiger partial charge is 0.410 e. The lowest BCUT2D eigenvalue weighted by Crippen LogP contribution is -2.31. The zero-order valence-corrected chi connectivity index (χ0v) is 13.2. The number of carbonyl (C=O) groups is 1. The van der Waals surface area contributed by atoms with E-state index in [2.05, 4.69) is 4.98 Å². The number of ether oxygens (including phenoxy) is 1. The van der Waals surface area contributed by atoms with Crippen LogP contribution in [0.15, 0.2) is 42.5 Å². The average molecular weight is 311 g/mol. The number of amides is 1. The van der Waals surface area contributed by atoms with Crippen molar-refractivity contribution in [1.29, 1.82) is 0 Å². The summed E-state index contributed by atoms with van der Waals surface area (Å²) in [7, 11) is 0. The number of hydrogen-bond acceptors (Lipinski definition) is 4. The second kappa shape index (κ2) is 6.69. The highest BCUT2D eigenvalue weighted by Crippen LogP contribution is 2.34. The van der Waals surface area contributed by atoms with Crippen LogP contribution in [0.5, 0.6) is 0 Å². The van der Waals surface area contributed by atoms with Gasteiger partial charge in [0.25, 0.3) is 0 Å². The number of nitrogens with two attached hydrogens (primary N) is 1. The quantitative estimate of drug-likeness (QED) is 0.942. The zero-order valence-electron chi connectivity index (χ0n) is 13.2. The average Bonchev–Trinajstić information content (AvgIpc) is 3.03. The molecule has 3 rings (SSSR count). The van der Waals surface area contributed by atoms with E-state index in [1.165, 1.54) is 0 Å². The van der Waals surface area contributed by atoms with Crippen LogP contribution in [0.2, 0.25) is 0 Å². The Kier molecular flexibility index (Phi) is 4.46. The van der Waals surface area contributed by atoms with Gasteiger partial charge in [0.05, 0.1) is 6.04 Å². The van der Waals surface area contributed by atoms with Gasteiger partial charge in [-0.15, -0.1) is 0 Å². The number of aromatic nitrogens is 1. The highest BCUT2D eigenvalue weighted by atomic mass is 16.6. The van der Waals surface area contributed by atoms with Crippen molar-refractivity contribution in [1.82, 2.24) is 9.88 Å². The molecule has 0 saturated carbocycles. The van der Waals surface area contributed by atoms with Gasteiger partial charge in [-0.3, -0.25) is 0 Å². The van der Waals surface area contributed by atoms with E-state index >= 15 is 0 Å². The first-order valence-electron chi connectivity index (χ1n) is 7.85. The molecule has 120 valence electrons. The van der Waals surface area contributed by atoms with E-state index in [0.717, 1.165) is 29.7 Å². The fourth-order valence-corrected chi connectivity index (χ4v) is 3.05. The first kappa shape index (κ1) is 15.3. The molecule has 0 unspecified atom stereocenters. The summed E-state index contributed by atoms with van der Waals surface area (Å²) in [5, 5.41) is 0. The largest absolute Gasteiger partial charge is 0.445 e. The Morgan fingerprint density at radius 1 is 1.30 bits per heavy atom. The Bertz CT molecular complexity index is 688. The monoisotopic (exact) mass is 311 g/mol. The standard InChI is InChI=1S/C18H21N3O2/c1-13-15(9-10-17(19)20-13)16-8-5-11-21(16)18(22)23-12-14-6-3-2-4-7-14/h2-4,6-7,9-10,16H,5,8,11-12H2,1H3,(H2,19,20)/t16-/m1/s1. The Hall–Kier alpha value is -2.56. The molecule has 1 aliphatic heterocycles. The van der Waals surface area contributed by atoms with E-state index in [9.17, 15) is 4.79 Å². The maximum Gasteiger partial charge on any atom is 0.410 e. The van der Waals surface area contributed by atoms with Crippen LogP contribution >= 0.6 is 0 Å². The lowest BCUT2D eigenvalue weighted by atomic mass is 10.0. The van der Waals surface area contributed by atoms with Crippen molar-refractivity contribution in [3.8, 4) is 0 Å². The van der Waals surface area contributed by atoms with Gasteiger partial charge in [0.1, 0.15) is 12.4 Å². The molecule has 2 heterocycles. The Labute approximate surface area is 136 Å². The summed E-state index contributed by atoms with van der Waals surface area (Å²) in [6.45, 7) is 2.93. The first-order valence-corrected chi connectivity index (χ1v) is 7.85. The van der Waals surface area contributed by atoms with E-state index < -0.39 is 0 Å². The number of nitrogens with zero attached hydrogens (tertiary/aromatic N) is 2. The fraction of sp³-hybridized carbons (Fsp3) is 0.333. The molecule has 1 amide bonds. The minimum atomic E-state index is -0.271. The van der Waals surface area contributed by atoms with Crippen LogP contribution in [0.25, 0.3) is 0 Å². The summed E-state index contributed by atoms with van der Waals surface area (Å²) in [4.78, 5) is 18.5. The number of likely N-dealkylation sites (tertiary alicyclic amines) is 1. The highest BCUT2D eigenvalue weighted by molar-refractivity contribution is 5.69. The molecule has 2 N–H and O–H groups in total. The highest BCUT2D eigenvalue weighted by Gasteiger charge is 2.32. The molecular weight excluding hydrogens is 290 g/mol. The summed E-state index contributed by atoms with van der Waals surface area (Å²) in [5.74, 6) is 0.502. The van der Waals surface area contributed by atoms with Crippen molar-refractivity contribution in [2.24, 2.45) is 0 Å². The third-order valence-electron chi connectivity index (χ3n) is 4.20. The minimum absolute atomic E-state index is 0.0198. The lowest BCUT2D eigenvalue weighted by molar-refractivity contribution is 0.0919. The number of nitrogen functional groups attached to an aromatic ring is 1. The second-order valence-corrected chi connectivity index (χ2v) is 5.80. The van der Waals surface area contributed by atoms with Crippen LogP contribution in [0.4, 0.5) is 10.6 Å². The first-order chi connectivity index (χ1) is 11.1. The summed E-state index contributed by atoms with van der Waals surface area (Å²) < 4.78 is 5.47. The molecule has 1 fully saturated rings. The zero-order chi connectivity index (χ0) is 16.2. The molecule has 1 atom stereocenters. The van der Waals surface area contributed by atoms with Crippen molar-refractivity contribution >= 4 is 11.9 Å². The maximum atomic E-state index is 12.4. The predicted octanol–water partition coefficient (Wildman–Crippen LogP) is 3.45. The van der Waals surface area contributed by atoms with Crippen molar-refractivity contribution in [2.75, 3.05) is 12.3 Å². The topological polar surface area (TPSA) is 68.5 Å². The van der Waals surface area contributed by atoms with Gasteiger partial charge in [-0.25, -0.2) is 9.78 Å². The van der Waals surface area contributed by atoms with Crippen molar-refractivity contribution in [3.63, 3.8) is 0 Å². The van der Waals surface area contributed by atoms with Crippen LogP contribution in [0.1, 0.15) is 35.7 Å². The van der Waals surface area contributed by atoms with Gasteiger partial charge in [0, 0.05) is 12.2 Å². The van der Waals surface area contributed by atoms with Crippen LogP contribution in [-0.2, 0) is 11.3 Å². The Morgan fingerprint density at radius 3 is 2.83 bits per heavy atom. The van der Waals surface area contributed by atoms with Gasteiger partial charge >= 0.3 is 6.09 Å². The molecule has 1 saturated heterocycles. The van der Waals surface area contributed by atoms with Crippen LogP contribution in [-0.4, -0.2) is 22.5 Å². The number of hydrogen-bond donors (Lipinski definition) is 1. The predicted molar refractivity (Wildman–Crippen MR) is 88.7 cm³/mol. The number of rotatable bonds is 3. The Balaban J connectivity index is 1.69. The molecule has 1 aromatic heterocycles. The maximum absolute atomic E-state index is 12.4. The molecule has 5 nitrogen and oxygen atoms in total. The van der Waals surface area contributed by atoms with Crippen LogP contribution < -0.4 is 5.73 Å². The summed E-state index contributed by atoms with van der Waals surface area (Å²) >= 11 is 0. The van der Waals surface area contributed by atoms with Gasteiger partial charge in [0.15, 0.2) is 0 Å². The van der Waals surface area contributed by atoms with Gasteiger partial charge in [-0.05, 0) is 37.0 Å². The van der Waals surface area contributed by atoms with E-state index in [1.807, 2.05) is 43.3 Å². The fourth-order valence-electron chi connectivity index (χ4n) is 3.05. The van der Waals surface area contributed by atoms with Crippen molar-refractivity contribution in [3.05, 3.63) is 59.3 Å². The number of anilines is 1. The molecule has 5 heteroatoms. The van der Waals surface area contributed by atoms with Gasteiger partial charge < -0.3 is 15.4 Å². The molecule has 1 aliphatic rings. The number of carbonyl (C=O) groups excluding carboxylic acids is 1. The third-order valence-corrected chi connectivity index (χ3v) is 4.20. The molecule has 0 spiro atoms. The normalized spacial score (nSPS) is 17.3. The molecule has 2 aromatic rings. The summed E-state index contributed by atoms with van der Waals surface area (Å²) in [6, 6.07) is 13.5. The lowest BCUT2D eigenvalue weighted by Gasteiger charge is -2.25. The molecule has 0 aliphatic carbocycles. The molecule has 0 radical (unpaired) electrons. The van der Waals surface area contributed by atoms with Crippen LogP contribution in [0.3, 0.4) is 0 Å². The van der Waals surface area contributed by atoms with Crippen molar-refractivity contribution < 1.29 is 9.53 Å². The second-order valence-electron chi connectivity index (χ2n) is 5.80. The summed E-state index contributed by atoms with van der Waals surface area (Å²) in [5.41, 5.74) is 8.63. The van der Waals surface area contributed by atoms with Crippen LogP contribution in [0, 0.1) is 6.92 Å². The number of benzene rings is 1. The summed E-state index contributed by atoms with van der Waals surface area (Å²) in [6.07, 6.45) is 1.62. The SMILES string of the molecule is Cc1nc(N)ccc1[C@H]1CCCN1C(=O)OCc1ccccc1. The van der Waals surface area contributed by atoms with Gasteiger partial charge in [-0.1, -0.05) is 36.4 Å². The molecule has 23 heavy (non-hydrogen) atoms. The number of pyridine rings is 1.